The van der Waals surface area contributed by atoms with E-state index in [9.17, 15) is 5.11 Å². The fourth-order valence-electron chi connectivity index (χ4n) is 1.94. The predicted octanol–water partition coefficient (Wildman–Crippen LogP) is 5.48. The van der Waals surface area contributed by atoms with E-state index in [1.807, 2.05) is 6.92 Å². The Balaban J connectivity index is 3.19. The summed E-state index contributed by atoms with van der Waals surface area (Å²) in [5, 5.41) is 17.6. The first-order valence-electron chi connectivity index (χ1n) is 8.23. The molecule has 0 aromatic rings. The minimum absolute atomic E-state index is 0.620. The third-order valence-corrected chi connectivity index (χ3v) is 3.57. The summed E-state index contributed by atoms with van der Waals surface area (Å²) in [6.07, 6.45) is 14.0. The molecule has 3 heteroatoms. The zero-order chi connectivity index (χ0) is 14.4. The van der Waals surface area contributed by atoms with E-state index in [2.05, 4.69) is 17.2 Å². The van der Waals surface area contributed by atoms with Gasteiger partial charge in [0.25, 0.3) is 0 Å². The van der Waals surface area contributed by atoms with Gasteiger partial charge in [0.2, 0.25) is 0 Å². The van der Waals surface area contributed by atoms with E-state index < -0.39 is 5.72 Å². The van der Waals surface area contributed by atoms with Gasteiger partial charge >= 0.3 is 0 Å². The van der Waals surface area contributed by atoms with Gasteiger partial charge in [-0.05, 0) is 19.8 Å². The van der Waals surface area contributed by atoms with E-state index in [-0.39, 0.29) is 0 Å². The van der Waals surface area contributed by atoms with Crippen LogP contribution in [0.1, 0.15) is 91.4 Å². The minimum atomic E-state index is -0.960. The maximum absolute atomic E-state index is 9.62. The molecule has 0 spiro atoms. The molecule has 1 unspecified atom stereocenters. The smallest absolute Gasteiger partial charge is 0.172 e. The van der Waals surface area contributed by atoms with Gasteiger partial charge in [0.1, 0.15) is 0 Å². The molecule has 0 aromatic heterocycles. The van der Waals surface area contributed by atoms with Crippen molar-refractivity contribution in [1.29, 1.82) is 0 Å². The van der Waals surface area contributed by atoms with E-state index in [4.69, 9.17) is 0 Å². The molecule has 0 amide bonds. The third kappa shape index (κ3) is 13.8. The molecule has 0 saturated heterocycles. The highest BCUT2D eigenvalue weighted by atomic mass is 16.3. The van der Waals surface area contributed by atoms with Crippen LogP contribution in [0, 0.1) is 0 Å². The van der Waals surface area contributed by atoms with Gasteiger partial charge in [0, 0.05) is 0 Å². The van der Waals surface area contributed by atoms with Gasteiger partial charge in [0.15, 0.2) is 5.72 Å². The lowest BCUT2D eigenvalue weighted by Crippen LogP contribution is -2.18. The molecule has 0 aliphatic heterocycles. The van der Waals surface area contributed by atoms with Crippen LogP contribution in [0.3, 0.4) is 0 Å². The zero-order valence-corrected chi connectivity index (χ0v) is 13.3. The lowest BCUT2D eigenvalue weighted by atomic mass is 10.1. The molecule has 0 radical (unpaired) electrons. The van der Waals surface area contributed by atoms with Crippen LogP contribution < -0.4 is 0 Å². The van der Waals surface area contributed by atoms with Gasteiger partial charge in [-0.3, -0.25) is 0 Å². The van der Waals surface area contributed by atoms with Crippen LogP contribution in [0.2, 0.25) is 0 Å². The quantitative estimate of drug-likeness (QED) is 0.349. The monoisotopic (exact) mass is 270 g/mol. The summed E-state index contributed by atoms with van der Waals surface area (Å²) in [5.41, 5.74) is -0.960. The lowest BCUT2D eigenvalue weighted by Gasteiger charge is -2.12. The van der Waals surface area contributed by atoms with Crippen molar-refractivity contribution < 1.29 is 5.11 Å². The minimum Gasteiger partial charge on any atom is -0.368 e. The summed E-state index contributed by atoms with van der Waals surface area (Å²) >= 11 is 0. The normalized spacial score (nSPS) is 14.9. The van der Waals surface area contributed by atoms with Crippen LogP contribution in [0.5, 0.6) is 0 Å². The second-order valence-corrected chi connectivity index (χ2v) is 5.72. The topological polar surface area (TPSA) is 45.0 Å². The molecule has 1 N–H and O–H groups in total. The molecule has 0 bridgehead atoms. The number of aliphatic hydroxyl groups is 1. The van der Waals surface area contributed by atoms with Gasteiger partial charge in [-0.2, -0.15) is 10.2 Å². The average Bonchev–Trinajstić information content (AvgIpc) is 2.40. The first kappa shape index (κ1) is 18.6. The van der Waals surface area contributed by atoms with Crippen LogP contribution in [0.25, 0.3) is 0 Å². The Bertz CT molecular complexity index is 215. The summed E-state index contributed by atoms with van der Waals surface area (Å²) in [4.78, 5) is 0. The van der Waals surface area contributed by atoms with Gasteiger partial charge in [-0.25, -0.2) is 0 Å². The van der Waals surface area contributed by atoms with Crippen molar-refractivity contribution in [3.05, 3.63) is 0 Å². The number of nitrogens with zero attached hydrogens (tertiary/aromatic N) is 2. The van der Waals surface area contributed by atoms with Crippen LogP contribution in [-0.4, -0.2) is 17.4 Å². The largest absolute Gasteiger partial charge is 0.368 e. The molecule has 114 valence electrons. The Kier molecular flexibility index (Phi) is 12.3. The predicted molar refractivity (Wildman–Crippen MR) is 82.5 cm³/mol. The van der Waals surface area contributed by atoms with E-state index in [1.54, 1.807) is 6.92 Å². The maximum Gasteiger partial charge on any atom is 0.172 e. The number of unbranched alkanes of at least 4 members (excludes halogenated alkanes) is 9. The Labute approximate surface area is 119 Å². The number of hydrogen-bond acceptors (Lipinski definition) is 3. The van der Waals surface area contributed by atoms with Crippen LogP contribution in [0.15, 0.2) is 10.2 Å². The Morgan fingerprint density at radius 1 is 0.789 bits per heavy atom. The van der Waals surface area contributed by atoms with Crippen LogP contribution in [-0.2, 0) is 0 Å². The van der Waals surface area contributed by atoms with Gasteiger partial charge in [0.05, 0.1) is 6.54 Å². The van der Waals surface area contributed by atoms with E-state index in [0.29, 0.717) is 6.42 Å². The highest BCUT2D eigenvalue weighted by molar-refractivity contribution is 4.63. The van der Waals surface area contributed by atoms with Gasteiger partial charge in [-0.15, -0.1) is 0 Å². The molecule has 3 nitrogen and oxygen atoms in total. The molecule has 1 atom stereocenters. The molecule has 0 heterocycles. The van der Waals surface area contributed by atoms with Crippen molar-refractivity contribution in [2.75, 3.05) is 6.54 Å². The molecule has 0 aliphatic rings. The molecular weight excluding hydrogens is 236 g/mol. The Morgan fingerprint density at radius 3 is 1.74 bits per heavy atom. The van der Waals surface area contributed by atoms with Crippen molar-refractivity contribution in [2.24, 2.45) is 10.2 Å². The van der Waals surface area contributed by atoms with Crippen molar-refractivity contribution in [1.82, 2.24) is 0 Å². The lowest BCUT2D eigenvalue weighted by molar-refractivity contribution is 0.0571. The number of hydrogen-bond donors (Lipinski definition) is 1. The molecule has 0 rings (SSSR count). The average molecular weight is 270 g/mol. The number of rotatable bonds is 13. The van der Waals surface area contributed by atoms with Crippen molar-refractivity contribution >= 4 is 0 Å². The highest BCUT2D eigenvalue weighted by Crippen LogP contribution is 2.12. The number of azo groups is 1. The van der Waals surface area contributed by atoms with Crippen LogP contribution >= 0.6 is 0 Å². The standard InChI is InChI=1S/C16H34N2O/c1-4-6-7-8-9-10-11-12-13-14-15-17-18-16(3,19)5-2/h19H,4-15H2,1-3H3. The second kappa shape index (κ2) is 12.6. The zero-order valence-electron chi connectivity index (χ0n) is 13.3. The van der Waals surface area contributed by atoms with E-state index in [1.165, 1.54) is 57.8 Å². The first-order chi connectivity index (χ1) is 9.12. The molecule has 0 fully saturated rings. The highest BCUT2D eigenvalue weighted by Gasteiger charge is 2.14. The van der Waals surface area contributed by atoms with E-state index in [0.717, 1.165) is 13.0 Å². The van der Waals surface area contributed by atoms with E-state index >= 15 is 0 Å². The third-order valence-electron chi connectivity index (χ3n) is 3.57. The molecular formula is C16H34N2O. The summed E-state index contributed by atoms with van der Waals surface area (Å²) in [6, 6.07) is 0. The first-order valence-corrected chi connectivity index (χ1v) is 8.23. The summed E-state index contributed by atoms with van der Waals surface area (Å²) < 4.78 is 0. The molecule has 0 aliphatic carbocycles. The molecule has 0 aromatic carbocycles. The fraction of sp³-hybridized carbons (Fsp3) is 1.00. The molecule has 19 heavy (non-hydrogen) atoms. The van der Waals surface area contributed by atoms with Crippen molar-refractivity contribution in [2.45, 2.75) is 97.1 Å². The van der Waals surface area contributed by atoms with Crippen molar-refractivity contribution in [3.8, 4) is 0 Å². The Morgan fingerprint density at radius 2 is 1.26 bits per heavy atom. The van der Waals surface area contributed by atoms with Gasteiger partial charge < -0.3 is 5.11 Å². The molecule has 0 saturated carbocycles. The second-order valence-electron chi connectivity index (χ2n) is 5.72. The summed E-state index contributed by atoms with van der Waals surface area (Å²) in [5.74, 6) is 0. The SMILES string of the molecule is CCCCCCCCCCCCN=NC(C)(O)CC. The maximum atomic E-state index is 9.62. The van der Waals surface area contributed by atoms with Crippen LogP contribution in [0.4, 0.5) is 0 Å². The fourth-order valence-corrected chi connectivity index (χ4v) is 1.94. The summed E-state index contributed by atoms with van der Waals surface area (Å²) in [7, 11) is 0. The Hall–Kier alpha value is -0.440. The summed E-state index contributed by atoms with van der Waals surface area (Å²) in [6.45, 7) is 6.64. The van der Waals surface area contributed by atoms with Gasteiger partial charge in [-0.1, -0.05) is 71.6 Å². The van der Waals surface area contributed by atoms with Crippen molar-refractivity contribution in [3.63, 3.8) is 0 Å².